The fraction of sp³-hybridized carbons (Fsp3) is 0.0435. The summed E-state index contributed by atoms with van der Waals surface area (Å²) in [5.41, 5.74) is 2.36. The number of amides is 1. The van der Waals surface area contributed by atoms with Gasteiger partial charge in [0, 0.05) is 11.6 Å². The van der Waals surface area contributed by atoms with Crippen molar-refractivity contribution in [1.29, 1.82) is 0 Å². The van der Waals surface area contributed by atoms with E-state index in [9.17, 15) is 14.9 Å². The molecule has 32 heavy (non-hydrogen) atoms. The molecule has 0 radical (unpaired) electrons. The van der Waals surface area contributed by atoms with Crippen molar-refractivity contribution in [2.24, 2.45) is 0 Å². The molecule has 0 aliphatic carbocycles. The van der Waals surface area contributed by atoms with E-state index < -0.39 is 10.8 Å². The molecule has 0 unspecified atom stereocenters. The number of aromatic nitrogens is 1. The Morgan fingerprint density at radius 2 is 1.84 bits per heavy atom. The Balaban J connectivity index is 1.41. The van der Waals surface area contributed by atoms with Crippen molar-refractivity contribution in [3.8, 4) is 22.1 Å². The first kappa shape index (κ1) is 19.7. The first-order valence-electron chi connectivity index (χ1n) is 9.60. The number of ether oxygens (including phenoxy) is 2. The summed E-state index contributed by atoms with van der Waals surface area (Å²) >= 11 is 1.54. The first-order valence-corrected chi connectivity index (χ1v) is 10.4. The van der Waals surface area contributed by atoms with Gasteiger partial charge in [-0.05, 0) is 36.4 Å². The third kappa shape index (κ3) is 3.77. The maximum Gasteiger partial charge on any atom is 0.280 e. The lowest BCUT2D eigenvalue weighted by molar-refractivity contribution is -0.385. The van der Waals surface area contributed by atoms with Crippen molar-refractivity contribution in [2.75, 3.05) is 12.1 Å². The van der Waals surface area contributed by atoms with Crippen LogP contribution in [0.1, 0.15) is 5.56 Å². The van der Waals surface area contributed by atoms with E-state index in [0.717, 1.165) is 20.8 Å². The van der Waals surface area contributed by atoms with Crippen molar-refractivity contribution in [3.63, 3.8) is 0 Å². The predicted octanol–water partition coefficient (Wildman–Crippen LogP) is 5.25. The maximum atomic E-state index is 12.6. The van der Waals surface area contributed by atoms with E-state index in [4.69, 9.17) is 9.47 Å². The molecule has 1 aromatic heterocycles. The molecule has 0 atom stereocenters. The maximum absolute atomic E-state index is 12.6. The zero-order valence-electron chi connectivity index (χ0n) is 16.5. The monoisotopic (exact) mass is 445 g/mol. The van der Waals surface area contributed by atoms with Gasteiger partial charge in [-0.15, -0.1) is 11.3 Å². The standard InChI is InChI=1S/C23H15N3O5S/c27-22(10-9-14-11-19-20(31-13-30-19)12-18(14)26(28)29)24-16-6-2-1-5-15(16)23-25-17-7-3-4-8-21(17)32-23/h1-12H,13H2,(H,24,27)/b10-9+. The largest absolute Gasteiger partial charge is 0.454 e. The van der Waals surface area contributed by atoms with Crippen LogP contribution in [0.2, 0.25) is 0 Å². The average Bonchev–Trinajstić information content (AvgIpc) is 3.43. The van der Waals surface area contributed by atoms with Crippen LogP contribution in [0, 0.1) is 10.1 Å². The van der Waals surface area contributed by atoms with Gasteiger partial charge in [0.1, 0.15) is 5.01 Å². The second-order valence-electron chi connectivity index (χ2n) is 6.88. The predicted molar refractivity (Wildman–Crippen MR) is 122 cm³/mol. The molecule has 2 heterocycles. The highest BCUT2D eigenvalue weighted by Crippen LogP contribution is 2.38. The van der Waals surface area contributed by atoms with Crippen LogP contribution in [0.5, 0.6) is 11.5 Å². The number of benzene rings is 3. The van der Waals surface area contributed by atoms with Crippen LogP contribution in [0.15, 0.2) is 66.7 Å². The molecular weight excluding hydrogens is 430 g/mol. The van der Waals surface area contributed by atoms with Crippen LogP contribution in [-0.4, -0.2) is 22.6 Å². The van der Waals surface area contributed by atoms with Gasteiger partial charge in [0.2, 0.25) is 12.7 Å². The van der Waals surface area contributed by atoms with Gasteiger partial charge in [0.05, 0.1) is 32.5 Å². The van der Waals surface area contributed by atoms with Gasteiger partial charge >= 0.3 is 0 Å². The molecule has 1 N–H and O–H groups in total. The summed E-state index contributed by atoms with van der Waals surface area (Å²) in [5, 5.41) is 15.0. The van der Waals surface area contributed by atoms with Crippen molar-refractivity contribution >= 4 is 44.9 Å². The number of rotatable bonds is 5. The van der Waals surface area contributed by atoms with E-state index in [1.807, 2.05) is 42.5 Å². The Morgan fingerprint density at radius 1 is 1.09 bits per heavy atom. The van der Waals surface area contributed by atoms with E-state index in [2.05, 4.69) is 10.3 Å². The second kappa shape index (κ2) is 8.12. The molecule has 4 aromatic rings. The first-order chi connectivity index (χ1) is 15.6. The molecule has 0 bridgehead atoms. The van der Waals surface area contributed by atoms with E-state index >= 15 is 0 Å². The minimum atomic E-state index is -0.526. The molecule has 0 saturated heterocycles. The molecule has 0 fully saturated rings. The fourth-order valence-electron chi connectivity index (χ4n) is 3.34. The van der Waals surface area contributed by atoms with Crippen LogP contribution in [0.4, 0.5) is 11.4 Å². The number of hydrogen-bond donors (Lipinski definition) is 1. The highest BCUT2D eigenvalue weighted by molar-refractivity contribution is 7.21. The molecule has 1 amide bonds. The van der Waals surface area contributed by atoms with Gasteiger partial charge in [-0.3, -0.25) is 14.9 Å². The van der Waals surface area contributed by atoms with E-state index in [1.165, 1.54) is 35.6 Å². The molecule has 5 rings (SSSR count). The van der Waals surface area contributed by atoms with E-state index in [0.29, 0.717) is 17.2 Å². The van der Waals surface area contributed by atoms with Crippen LogP contribution in [0.25, 0.3) is 26.9 Å². The number of carbonyl (C=O) groups excluding carboxylic acids is 1. The Hall–Kier alpha value is -4.24. The zero-order valence-corrected chi connectivity index (χ0v) is 17.3. The lowest BCUT2D eigenvalue weighted by atomic mass is 10.1. The van der Waals surface area contributed by atoms with Gasteiger partial charge in [-0.1, -0.05) is 24.3 Å². The van der Waals surface area contributed by atoms with Crippen LogP contribution < -0.4 is 14.8 Å². The number of hydrogen-bond acceptors (Lipinski definition) is 7. The Morgan fingerprint density at radius 3 is 2.66 bits per heavy atom. The Labute approximate surface area is 185 Å². The smallest absolute Gasteiger partial charge is 0.280 e. The number of nitro benzene ring substituents is 1. The summed E-state index contributed by atoms with van der Waals surface area (Å²) < 4.78 is 11.5. The van der Waals surface area contributed by atoms with Gasteiger partial charge in [0.25, 0.3) is 5.69 Å². The molecule has 1 aliphatic heterocycles. The highest BCUT2D eigenvalue weighted by atomic mass is 32.1. The number of anilines is 1. The van der Waals surface area contributed by atoms with Crippen molar-refractivity contribution in [3.05, 3.63) is 82.4 Å². The second-order valence-corrected chi connectivity index (χ2v) is 7.91. The summed E-state index contributed by atoms with van der Waals surface area (Å²) in [7, 11) is 0. The number of thiazole rings is 1. The lowest BCUT2D eigenvalue weighted by Gasteiger charge is -2.07. The quantitative estimate of drug-likeness (QED) is 0.256. The number of nitrogens with one attached hydrogen (secondary N) is 1. The SMILES string of the molecule is O=C(/C=C/c1cc2c(cc1[N+](=O)[O-])OCO2)Nc1ccccc1-c1nc2ccccc2s1. The number of nitro groups is 1. The molecular formula is C23H15N3O5S. The Kier molecular flexibility index (Phi) is 5.00. The molecule has 8 nitrogen and oxygen atoms in total. The van der Waals surface area contributed by atoms with Crippen LogP contribution >= 0.6 is 11.3 Å². The van der Waals surface area contributed by atoms with Crippen LogP contribution in [-0.2, 0) is 4.79 Å². The highest BCUT2D eigenvalue weighted by Gasteiger charge is 2.22. The van der Waals surface area contributed by atoms with Crippen molar-refractivity contribution in [2.45, 2.75) is 0 Å². The molecule has 1 aliphatic rings. The summed E-state index contributed by atoms with van der Waals surface area (Å²) in [5.74, 6) is 0.283. The summed E-state index contributed by atoms with van der Waals surface area (Å²) in [6.07, 6.45) is 2.63. The third-order valence-electron chi connectivity index (χ3n) is 4.84. The fourth-order valence-corrected chi connectivity index (χ4v) is 4.35. The normalized spacial score (nSPS) is 12.4. The Bertz CT molecular complexity index is 1360. The molecule has 0 saturated carbocycles. The minimum Gasteiger partial charge on any atom is -0.454 e. The van der Waals surface area contributed by atoms with E-state index in [-0.39, 0.29) is 18.0 Å². The summed E-state index contributed by atoms with van der Waals surface area (Å²) in [6.45, 7) is 0.00267. The number of fused-ring (bicyclic) bond motifs is 2. The third-order valence-corrected chi connectivity index (χ3v) is 5.91. The molecule has 9 heteroatoms. The van der Waals surface area contributed by atoms with E-state index in [1.54, 1.807) is 6.07 Å². The van der Waals surface area contributed by atoms with Gasteiger partial charge in [0.15, 0.2) is 11.5 Å². The number of para-hydroxylation sites is 2. The summed E-state index contributed by atoms with van der Waals surface area (Å²) in [4.78, 5) is 28.1. The average molecular weight is 445 g/mol. The van der Waals surface area contributed by atoms with Crippen LogP contribution in [0.3, 0.4) is 0 Å². The summed E-state index contributed by atoms with van der Waals surface area (Å²) in [6, 6.07) is 18.0. The van der Waals surface area contributed by atoms with Crippen molar-refractivity contribution < 1.29 is 19.2 Å². The van der Waals surface area contributed by atoms with Gasteiger partial charge < -0.3 is 14.8 Å². The zero-order chi connectivity index (χ0) is 22.1. The topological polar surface area (TPSA) is 104 Å². The molecule has 158 valence electrons. The number of nitrogens with zero attached hydrogens (tertiary/aromatic N) is 2. The van der Waals surface area contributed by atoms with Gasteiger partial charge in [-0.25, -0.2) is 4.98 Å². The number of carbonyl (C=O) groups is 1. The molecule has 0 spiro atoms. The lowest BCUT2D eigenvalue weighted by Crippen LogP contribution is -2.08. The minimum absolute atomic E-state index is 0.00267. The van der Waals surface area contributed by atoms with Crippen molar-refractivity contribution in [1.82, 2.24) is 4.98 Å². The van der Waals surface area contributed by atoms with Gasteiger partial charge in [-0.2, -0.15) is 0 Å². The molecule has 3 aromatic carbocycles.